The van der Waals surface area contributed by atoms with E-state index in [1.165, 1.54) is 44.1 Å². The van der Waals surface area contributed by atoms with Gasteiger partial charge >= 0.3 is 0 Å². The molecule has 1 heterocycles. The summed E-state index contributed by atoms with van der Waals surface area (Å²) in [6.07, 6.45) is 18.6. The average molecular weight is 410 g/mol. The Kier molecular flexibility index (Phi) is 5.65. The van der Waals surface area contributed by atoms with Gasteiger partial charge in [0.1, 0.15) is 5.75 Å². The van der Waals surface area contributed by atoms with Crippen LogP contribution in [0.1, 0.15) is 84.1 Å². The molecule has 0 radical (unpaired) electrons. The molecule has 2 heteroatoms. The van der Waals surface area contributed by atoms with Gasteiger partial charge in [-0.1, -0.05) is 27.2 Å². The lowest BCUT2D eigenvalue weighted by atomic mass is 9.48. The van der Waals surface area contributed by atoms with Crippen LogP contribution in [0.4, 0.5) is 0 Å². The van der Waals surface area contributed by atoms with E-state index in [0.29, 0.717) is 5.41 Å². The summed E-state index contributed by atoms with van der Waals surface area (Å²) >= 11 is 0. The van der Waals surface area contributed by atoms with Gasteiger partial charge in [0.15, 0.2) is 0 Å². The van der Waals surface area contributed by atoms with Gasteiger partial charge in [0.05, 0.1) is 13.3 Å². The number of hydrogen-bond acceptors (Lipinski definition) is 2. The van der Waals surface area contributed by atoms with E-state index in [0.717, 1.165) is 59.5 Å². The second-order valence-corrected chi connectivity index (χ2v) is 12.0. The molecule has 0 saturated heterocycles. The SMILES string of the molecule is COc1cncc(C[C@@H](C)C2CCC3[C@@H]4CC[C@@H]5C[C@@H](C)CC[C@@H]5C4CC[C@@]32C)c1. The fourth-order valence-corrected chi connectivity index (χ4v) is 9.26. The fourth-order valence-electron chi connectivity index (χ4n) is 9.26. The van der Waals surface area contributed by atoms with Crippen LogP contribution in [-0.2, 0) is 6.42 Å². The van der Waals surface area contributed by atoms with E-state index >= 15 is 0 Å². The molecule has 9 atom stereocenters. The summed E-state index contributed by atoms with van der Waals surface area (Å²) in [6, 6.07) is 2.19. The second-order valence-electron chi connectivity index (χ2n) is 12.0. The summed E-state index contributed by atoms with van der Waals surface area (Å²) in [5.74, 6) is 8.72. The smallest absolute Gasteiger partial charge is 0.137 e. The van der Waals surface area contributed by atoms with Crippen LogP contribution in [0.15, 0.2) is 18.5 Å². The first kappa shape index (κ1) is 20.8. The van der Waals surface area contributed by atoms with Crippen LogP contribution in [0.25, 0.3) is 0 Å². The van der Waals surface area contributed by atoms with Gasteiger partial charge < -0.3 is 4.74 Å². The number of nitrogens with zero attached hydrogens (tertiary/aromatic N) is 1. The maximum Gasteiger partial charge on any atom is 0.137 e. The lowest BCUT2D eigenvalue weighted by Gasteiger charge is -2.56. The van der Waals surface area contributed by atoms with Gasteiger partial charge in [-0.15, -0.1) is 0 Å². The van der Waals surface area contributed by atoms with Crippen LogP contribution in [-0.4, -0.2) is 12.1 Å². The van der Waals surface area contributed by atoms with Gasteiger partial charge in [0, 0.05) is 6.20 Å². The molecule has 4 fully saturated rings. The maximum absolute atomic E-state index is 5.41. The fraction of sp³-hybridized carbons (Fsp3) is 0.821. The minimum Gasteiger partial charge on any atom is -0.495 e. The molecule has 4 aliphatic carbocycles. The highest BCUT2D eigenvalue weighted by Crippen LogP contribution is 2.65. The lowest BCUT2D eigenvalue weighted by molar-refractivity contribution is -0.0728. The lowest BCUT2D eigenvalue weighted by Crippen LogP contribution is -2.49. The van der Waals surface area contributed by atoms with Crippen molar-refractivity contribution in [1.82, 2.24) is 4.98 Å². The first-order valence-electron chi connectivity index (χ1n) is 13.0. The van der Waals surface area contributed by atoms with Crippen molar-refractivity contribution in [2.24, 2.45) is 52.8 Å². The second kappa shape index (κ2) is 8.14. The van der Waals surface area contributed by atoms with E-state index in [2.05, 4.69) is 38.0 Å². The summed E-state index contributed by atoms with van der Waals surface area (Å²) in [6.45, 7) is 7.71. The number of ether oxygens (including phenoxy) is 1. The Bertz CT molecular complexity index is 746. The van der Waals surface area contributed by atoms with Crippen molar-refractivity contribution in [3.8, 4) is 5.75 Å². The van der Waals surface area contributed by atoms with Gasteiger partial charge in [-0.25, -0.2) is 0 Å². The summed E-state index contributed by atoms with van der Waals surface area (Å²) in [4.78, 5) is 4.41. The van der Waals surface area contributed by atoms with Crippen LogP contribution in [0.5, 0.6) is 5.75 Å². The zero-order valence-electron chi connectivity index (χ0n) is 19.8. The molecule has 1 aromatic rings. The minimum absolute atomic E-state index is 0.571. The van der Waals surface area contributed by atoms with Crippen LogP contribution in [0, 0.1) is 52.8 Å². The third-order valence-corrected chi connectivity index (χ3v) is 10.5. The molecule has 4 aliphatic rings. The largest absolute Gasteiger partial charge is 0.495 e. The zero-order chi connectivity index (χ0) is 20.9. The predicted molar refractivity (Wildman–Crippen MR) is 123 cm³/mol. The molecular formula is C28H43NO. The molecule has 1 aromatic heterocycles. The molecule has 0 N–H and O–H groups in total. The van der Waals surface area contributed by atoms with E-state index in [9.17, 15) is 0 Å². The molecule has 166 valence electrons. The van der Waals surface area contributed by atoms with Gasteiger partial charge in [0.2, 0.25) is 0 Å². The van der Waals surface area contributed by atoms with E-state index < -0.39 is 0 Å². The predicted octanol–water partition coefficient (Wildman–Crippen LogP) is 7.17. The Labute approximate surface area is 184 Å². The number of hydrogen-bond donors (Lipinski definition) is 0. The molecule has 0 amide bonds. The van der Waals surface area contributed by atoms with Gasteiger partial charge in [-0.05, 0) is 122 Å². The average Bonchev–Trinajstić information content (AvgIpc) is 3.10. The van der Waals surface area contributed by atoms with Crippen LogP contribution in [0.3, 0.4) is 0 Å². The van der Waals surface area contributed by atoms with E-state index in [-0.39, 0.29) is 0 Å². The number of fused-ring (bicyclic) bond motifs is 5. The first-order chi connectivity index (χ1) is 14.5. The van der Waals surface area contributed by atoms with E-state index in [1.807, 2.05) is 6.20 Å². The van der Waals surface area contributed by atoms with Gasteiger partial charge in [-0.3, -0.25) is 4.98 Å². The molecule has 5 rings (SSSR count). The van der Waals surface area contributed by atoms with Crippen molar-refractivity contribution in [1.29, 1.82) is 0 Å². The molecule has 30 heavy (non-hydrogen) atoms. The number of aromatic nitrogens is 1. The van der Waals surface area contributed by atoms with Gasteiger partial charge in [-0.2, -0.15) is 0 Å². The topological polar surface area (TPSA) is 22.1 Å². The van der Waals surface area contributed by atoms with Crippen molar-refractivity contribution >= 4 is 0 Å². The molecule has 0 spiro atoms. The molecule has 0 aliphatic heterocycles. The number of rotatable bonds is 4. The third kappa shape index (κ3) is 3.51. The normalized spacial score (nSPS) is 43.9. The Morgan fingerprint density at radius 2 is 1.87 bits per heavy atom. The Hall–Kier alpha value is -1.05. The molecule has 2 nitrogen and oxygen atoms in total. The van der Waals surface area contributed by atoms with Crippen molar-refractivity contribution in [3.63, 3.8) is 0 Å². The molecule has 0 aromatic carbocycles. The zero-order valence-corrected chi connectivity index (χ0v) is 19.8. The molecular weight excluding hydrogens is 366 g/mol. The highest BCUT2D eigenvalue weighted by Gasteiger charge is 2.57. The summed E-state index contributed by atoms with van der Waals surface area (Å²) in [5, 5.41) is 0. The number of methoxy groups -OCH3 is 1. The van der Waals surface area contributed by atoms with Crippen LogP contribution >= 0.6 is 0 Å². The highest BCUT2D eigenvalue weighted by molar-refractivity contribution is 5.24. The minimum atomic E-state index is 0.571. The summed E-state index contributed by atoms with van der Waals surface area (Å²) in [7, 11) is 1.74. The van der Waals surface area contributed by atoms with Crippen LogP contribution in [0.2, 0.25) is 0 Å². The molecule has 3 unspecified atom stereocenters. The Morgan fingerprint density at radius 1 is 1.03 bits per heavy atom. The van der Waals surface area contributed by atoms with Crippen molar-refractivity contribution in [3.05, 3.63) is 24.0 Å². The Morgan fingerprint density at radius 3 is 2.70 bits per heavy atom. The first-order valence-corrected chi connectivity index (χ1v) is 13.0. The third-order valence-electron chi connectivity index (χ3n) is 10.5. The Balaban J connectivity index is 1.30. The molecule has 4 saturated carbocycles. The molecule has 0 bridgehead atoms. The monoisotopic (exact) mass is 409 g/mol. The summed E-state index contributed by atoms with van der Waals surface area (Å²) in [5.41, 5.74) is 1.92. The van der Waals surface area contributed by atoms with Crippen LogP contribution < -0.4 is 4.74 Å². The number of pyridine rings is 1. The standard InChI is InChI=1S/C28H43NO/c1-18-5-7-23-21(13-18)6-8-25-24(23)11-12-28(3)26(9-10-27(25)28)19(2)14-20-15-22(30-4)17-29-16-20/h15-19,21,23-27H,5-14H2,1-4H3/t18-,19+,21+,23-,24?,25+,26?,27?,28+/m0/s1. The summed E-state index contributed by atoms with van der Waals surface area (Å²) < 4.78 is 5.41. The van der Waals surface area contributed by atoms with Crippen molar-refractivity contribution < 1.29 is 4.74 Å². The maximum atomic E-state index is 5.41. The highest BCUT2D eigenvalue weighted by atomic mass is 16.5. The van der Waals surface area contributed by atoms with Crippen molar-refractivity contribution in [2.45, 2.75) is 85.0 Å². The van der Waals surface area contributed by atoms with E-state index in [1.54, 1.807) is 26.4 Å². The quantitative estimate of drug-likeness (QED) is 0.525. The van der Waals surface area contributed by atoms with Crippen molar-refractivity contribution in [2.75, 3.05) is 7.11 Å². The van der Waals surface area contributed by atoms with Gasteiger partial charge in [0.25, 0.3) is 0 Å². The van der Waals surface area contributed by atoms with E-state index in [4.69, 9.17) is 4.74 Å².